The van der Waals surface area contributed by atoms with E-state index in [4.69, 9.17) is 0 Å². The Hall–Kier alpha value is -3.46. The topological polar surface area (TPSA) is 100 Å². The fourth-order valence-corrected chi connectivity index (χ4v) is 6.66. The van der Waals surface area contributed by atoms with Gasteiger partial charge in [-0.25, -0.2) is 13.1 Å². The molecule has 198 valence electrons. The van der Waals surface area contributed by atoms with Gasteiger partial charge in [0.25, 0.3) is 0 Å². The summed E-state index contributed by atoms with van der Waals surface area (Å²) >= 11 is 0. The van der Waals surface area contributed by atoms with Crippen molar-refractivity contribution in [1.82, 2.24) is 14.6 Å². The van der Waals surface area contributed by atoms with Gasteiger partial charge in [-0.15, -0.1) is 0 Å². The van der Waals surface area contributed by atoms with Crippen LogP contribution >= 0.6 is 0 Å². The summed E-state index contributed by atoms with van der Waals surface area (Å²) in [4.78, 5) is 13.1. The lowest BCUT2D eigenvalue weighted by atomic mass is 9.85. The van der Waals surface area contributed by atoms with Crippen molar-refractivity contribution >= 4 is 26.8 Å². The smallest absolute Gasteiger partial charge is 0.240 e. The Kier molecular flexibility index (Phi) is 7.65. The number of nitrogens with zero attached hydrogens (tertiary/aromatic N) is 1. The molecule has 0 saturated heterocycles. The first-order valence-electron chi connectivity index (χ1n) is 13.0. The molecule has 38 heavy (non-hydrogen) atoms. The number of carbonyl (C=O) groups excluding carboxylic acids is 1. The highest BCUT2D eigenvalue weighted by atomic mass is 32.2. The van der Waals surface area contributed by atoms with Crippen LogP contribution in [0.5, 0.6) is 0 Å². The van der Waals surface area contributed by atoms with E-state index in [-0.39, 0.29) is 29.4 Å². The molecule has 1 saturated carbocycles. The van der Waals surface area contributed by atoms with Gasteiger partial charge >= 0.3 is 0 Å². The van der Waals surface area contributed by atoms with Crippen LogP contribution in [0.4, 0.5) is 0 Å². The molecule has 1 amide bonds. The monoisotopic (exact) mass is 531 g/mol. The Morgan fingerprint density at radius 3 is 2.26 bits per heavy atom. The van der Waals surface area contributed by atoms with E-state index in [9.17, 15) is 18.3 Å². The van der Waals surface area contributed by atoms with E-state index in [0.29, 0.717) is 25.7 Å². The van der Waals surface area contributed by atoms with Gasteiger partial charge in [-0.1, -0.05) is 66.7 Å². The van der Waals surface area contributed by atoms with Gasteiger partial charge in [-0.05, 0) is 55.0 Å². The molecule has 0 radical (unpaired) electrons. The average Bonchev–Trinajstić information content (AvgIpc) is 3.28. The molecule has 0 unspecified atom stereocenters. The summed E-state index contributed by atoms with van der Waals surface area (Å²) in [6, 6.07) is 26.0. The van der Waals surface area contributed by atoms with Crippen molar-refractivity contribution in [2.45, 2.75) is 42.7 Å². The Labute approximate surface area is 223 Å². The van der Waals surface area contributed by atoms with E-state index in [2.05, 4.69) is 16.1 Å². The van der Waals surface area contributed by atoms with Gasteiger partial charge in [-0.2, -0.15) is 0 Å². The first-order valence-corrected chi connectivity index (χ1v) is 14.5. The molecule has 0 spiro atoms. The van der Waals surface area contributed by atoms with Gasteiger partial charge in [0, 0.05) is 35.6 Å². The van der Waals surface area contributed by atoms with Crippen LogP contribution < -0.4 is 10.0 Å². The third-order valence-corrected chi connectivity index (χ3v) is 9.04. The molecule has 3 N–H and O–H groups in total. The molecule has 1 aromatic heterocycles. The van der Waals surface area contributed by atoms with Gasteiger partial charge in [0.1, 0.15) is 0 Å². The second-order valence-electron chi connectivity index (χ2n) is 10.00. The number of amides is 1. The Bertz CT molecular complexity index is 1510. The average molecular weight is 532 g/mol. The number of aryl methyl sites for hydroxylation is 1. The third-order valence-electron chi connectivity index (χ3n) is 7.52. The highest BCUT2D eigenvalue weighted by Crippen LogP contribution is 2.30. The van der Waals surface area contributed by atoms with Crippen molar-refractivity contribution in [3.05, 3.63) is 90.5 Å². The zero-order valence-corrected chi connectivity index (χ0v) is 22.2. The lowest BCUT2D eigenvalue weighted by Gasteiger charge is -2.29. The molecule has 0 aliphatic heterocycles. The first kappa shape index (κ1) is 26.2. The van der Waals surface area contributed by atoms with Crippen molar-refractivity contribution in [2.75, 3.05) is 6.61 Å². The number of benzene rings is 3. The molecule has 1 atom stereocenters. The van der Waals surface area contributed by atoms with Crippen molar-refractivity contribution in [3.8, 4) is 11.3 Å². The quantitative estimate of drug-likeness (QED) is 0.311. The molecule has 5 rings (SSSR count). The molecule has 7 nitrogen and oxygen atoms in total. The molecular weight excluding hydrogens is 498 g/mol. The number of hydrogen-bond acceptors (Lipinski definition) is 4. The van der Waals surface area contributed by atoms with E-state index < -0.39 is 16.1 Å². The molecule has 1 heterocycles. The van der Waals surface area contributed by atoms with Crippen LogP contribution in [0.2, 0.25) is 0 Å². The maximum absolute atomic E-state index is 13.3. The summed E-state index contributed by atoms with van der Waals surface area (Å²) in [7, 11) is -1.77. The standard InChI is InChI=1S/C30H33N3O4S/c1-33-28(22-10-6-3-7-11-22)18-24-14-17-26(19-29(24)33)38(36,37)32-25-15-12-23(13-16-25)30(35)31-27(20-34)21-8-4-2-5-9-21/h2-11,14,17-19,23,25,27,32,34H,12-13,15-16,20H2,1H3,(H,31,35)/t23?,25?,27-/m1/s1. The van der Waals surface area contributed by atoms with Crippen molar-refractivity contribution in [3.63, 3.8) is 0 Å². The number of fused-ring (bicyclic) bond motifs is 1. The predicted molar refractivity (Wildman–Crippen MR) is 149 cm³/mol. The number of aliphatic hydroxyl groups is 1. The van der Waals surface area contributed by atoms with Crippen LogP contribution in [0.15, 0.2) is 89.8 Å². The summed E-state index contributed by atoms with van der Waals surface area (Å²) in [5.41, 5.74) is 3.80. The Morgan fingerprint density at radius 1 is 0.947 bits per heavy atom. The molecule has 3 aromatic carbocycles. The number of aliphatic hydroxyl groups excluding tert-OH is 1. The number of hydrogen-bond donors (Lipinski definition) is 3. The minimum absolute atomic E-state index is 0.0995. The number of nitrogens with one attached hydrogen (secondary N) is 2. The molecule has 8 heteroatoms. The van der Waals surface area contributed by atoms with Crippen LogP contribution in [-0.2, 0) is 21.9 Å². The Balaban J connectivity index is 1.23. The molecule has 0 bridgehead atoms. The van der Waals surface area contributed by atoms with Gasteiger partial charge in [0.2, 0.25) is 15.9 Å². The minimum Gasteiger partial charge on any atom is -0.394 e. The Morgan fingerprint density at radius 2 is 1.61 bits per heavy atom. The minimum atomic E-state index is -3.72. The lowest BCUT2D eigenvalue weighted by molar-refractivity contribution is -0.127. The number of sulfonamides is 1. The second kappa shape index (κ2) is 11.1. The fraction of sp³-hybridized carbons (Fsp3) is 0.300. The fourth-order valence-electron chi connectivity index (χ4n) is 5.33. The van der Waals surface area contributed by atoms with Crippen molar-refractivity contribution in [1.29, 1.82) is 0 Å². The summed E-state index contributed by atoms with van der Waals surface area (Å²) in [5.74, 6) is -0.303. The molecule has 1 aliphatic rings. The summed E-state index contributed by atoms with van der Waals surface area (Å²) < 4.78 is 31.4. The van der Waals surface area contributed by atoms with E-state index in [1.54, 1.807) is 12.1 Å². The van der Waals surface area contributed by atoms with Gasteiger partial charge in [0.05, 0.1) is 17.5 Å². The maximum Gasteiger partial charge on any atom is 0.240 e. The van der Waals surface area contributed by atoms with E-state index in [1.165, 1.54) is 0 Å². The van der Waals surface area contributed by atoms with Crippen LogP contribution in [0.3, 0.4) is 0 Å². The van der Waals surface area contributed by atoms with Gasteiger partial charge < -0.3 is 15.0 Å². The molecular formula is C30H33N3O4S. The zero-order chi connectivity index (χ0) is 26.7. The lowest BCUT2D eigenvalue weighted by Crippen LogP contribution is -2.42. The third kappa shape index (κ3) is 5.53. The maximum atomic E-state index is 13.3. The summed E-state index contributed by atoms with van der Waals surface area (Å²) in [6.45, 7) is -0.177. The SMILES string of the molecule is Cn1c(-c2ccccc2)cc2ccc(S(=O)(=O)NC3CCC(C(=O)N[C@H](CO)c4ccccc4)CC3)cc21. The van der Waals surface area contributed by atoms with Crippen LogP contribution in [0, 0.1) is 5.92 Å². The van der Waals surface area contributed by atoms with Gasteiger partial charge in [-0.3, -0.25) is 4.79 Å². The predicted octanol–water partition coefficient (Wildman–Crippen LogP) is 4.53. The largest absolute Gasteiger partial charge is 0.394 e. The summed E-state index contributed by atoms with van der Waals surface area (Å²) in [6.07, 6.45) is 2.33. The zero-order valence-electron chi connectivity index (χ0n) is 21.4. The number of rotatable bonds is 8. The normalized spacial score (nSPS) is 18.8. The van der Waals surface area contributed by atoms with Crippen molar-refractivity contribution in [2.24, 2.45) is 13.0 Å². The van der Waals surface area contributed by atoms with Crippen LogP contribution in [-0.4, -0.2) is 36.6 Å². The molecule has 1 aliphatic carbocycles. The van der Waals surface area contributed by atoms with Gasteiger partial charge in [0.15, 0.2) is 0 Å². The summed E-state index contributed by atoms with van der Waals surface area (Å²) in [5, 5.41) is 13.7. The van der Waals surface area contributed by atoms with Crippen molar-refractivity contribution < 1.29 is 18.3 Å². The highest BCUT2D eigenvalue weighted by molar-refractivity contribution is 7.89. The van der Waals surface area contributed by atoms with Crippen LogP contribution in [0.1, 0.15) is 37.3 Å². The van der Waals surface area contributed by atoms with E-state index >= 15 is 0 Å². The molecule has 1 fully saturated rings. The van der Waals surface area contributed by atoms with E-state index in [1.807, 2.05) is 78.3 Å². The first-order chi connectivity index (χ1) is 18.4. The van der Waals surface area contributed by atoms with Crippen LogP contribution in [0.25, 0.3) is 22.2 Å². The molecule has 4 aromatic rings. The number of carbonyl (C=O) groups is 1. The number of aromatic nitrogens is 1. The highest BCUT2D eigenvalue weighted by Gasteiger charge is 2.30. The van der Waals surface area contributed by atoms with E-state index in [0.717, 1.165) is 27.7 Å². The second-order valence-corrected chi connectivity index (χ2v) is 11.7.